The van der Waals surface area contributed by atoms with Crippen LogP contribution in [-0.4, -0.2) is 53.2 Å². The number of hydrogen-bond acceptors (Lipinski definition) is 7. The summed E-state index contributed by atoms with van der Waals surface area (Å²) in [4.78, 5) is 29.6. The van der Waals surface area contributed by atoms with Crippen LogP contribution in [-0.2, 0) is 9.53 Å². The molecule has 37 heavy (non-hydrogen) atoms. The summed E-state index contributed by atoms with van der Waals surface area (Å²) in [6.07, 6.45) is 0. The lowest BCUT2D eigenvalue weighted by atomic mass is 9.85. The van der Waals surface area contributed by atoms with E-state index in [2.05, 4.69) is 15.5 Å². The molecule has 2 atom stereocenters. The number of nitrogens with zero attached hydrogens (tertiary/aromatic N) is 3. The summed E-state index contributed by atoms with van der Waals surface area (Å²) in [5.41, 5.74) is 3.89. The number of amides is 2. The van der Waals surface area contributed by atoms with Crippen LogP contribution in [0.5, 0.6) is 0 Å². The maximum atomic E-state index is 14.2. The summed E-state index contributed by atoms with van der Waals surface area (Å²) in [7, 11) is 0. The molecular weight excluding hydrogens is 511 g/mol. The smallest absolute Gasteiger partial charge is 0.254 e. The minimum absolute atomic E-state index is 0.00292. The minimum atomic E-state index is -0.495. The molecule has 5 rings (SSSR count). The molecule has 0 bridgehead atoms. The molecule has 1 saturated heterocycles. The summed E-state index contributed by atoms with van der Waals surface area (Å²) >= 11 is 2.79. The average molecular weight is 537 g/mol. The third-order valence-corrected chi connectivity index (χ3v) is 8.18. The van der Waals surface area contributed by atoms with Gasteiger partial charge in [-0.25, -0.2) is 4.39 Å². The Balaban J connectivity index is 1.39. The van der Waals surface area contributed by atoms with Gasteiger partial charge in [-0.15, -0.1) is 21.5 Å². The Bertz CT molecular complexity index is 1370. The van der Waals surface area contributed by atoms with Gasteiger partial charge in [0.2, 0.25) is 11.0 Å². The molecule has 2 aromatic heterocycles. The van der Waals surface area contributed by atoms with Crippen molar-refractivity contribution in [2.45, 2.75) is 12.8 Å². The first-order valence-corrected chi connectivity index (χ1v) is 13.6. The molecule has 0 spiro atoms. The number of hydrogen-bond donors (Lipinski definition) is 1. The van der Waals surface area contributed by atoms with Gasteiger partial charge in [0, 0.05) is 40.2 Å². The highest BCUT2D eigenvalue weighted by Gasteiger charge is 2.29. The lowest BCUT2D eigenvalue weighted by Crippen LogP contribution is -2.40. The number of thiophene rings is 1. The summed E-state index contributed by atoms with van der Waals surface area (Å²) < 4.78 is 19.5. The van der Waals surface area contributed by atoms with Crippen LogP contribution in [0.25, 0.3) is 10.4 Å². The molecule has 2 unspecified atom stereocenters. The number of rotatable bonds is 7. The van der Waals surface area contributed by atoms with Crippen LogP contribution in [0.1, 0.15) is 33.6 Å². The van der Waals surface area contributed by atoms with E-state index in [1.165, 1.54) is 23.5 Å². The monoisotopic (exact) mass is 536 g/mol. The number of benzene rings is 2. The lowest BCUT2D eigenvalue weighted by molar-refractivity contribution is -0.119. The molecule has 0 radical (unpaired) electrons. The van der Waals surface area contributed by atoms with Crippen molar-refractivity contribution in [1.29, 1.82) is 0 Å². The topological polar surface area (TPSA) is 84.4 Å². The van der Waals surface area contributed by atoms with Crippen molar-refractivity contribution in [2.24, 2.45) is 5.92 Å². The highest BCUT2D eigenvalue weighted by atomic mass is 32.1. The minimum Gasteiger partial charge on any atom is -0.378 e. The van der Waals surface area contributed by atoms with Crippen LogP contribution in [0.3, 0.4) is 0 Å². The number of carbonyl (C=O) groups excluding carboxylic acids is 2. The quantitative estimate of drug-likeness (QED) is 0.347. The molecule has 1 aliphatic heterocycles. The van der Waals surface area contributed by atoms with Gasteiger partial charge < -0.3 is 15.0 Å². The molecule has 190 valence electrons. The van der Waals surface area contributed by atoms with Gasteiger partial charge in [-0.2, -0.15) is 0 Å². The summed E-state index contributed by atoms with van der Waals surface area (Å²) in [6, 6.07) is 17.9. The van der Waals surface area contributed by atoms with Crippen LogP contribution < -0.4 is 5.32 Å². The van der Waals surface area contributed by atoms with Crippen LogP contribution in [0.2, 0.25) is 0 Å². The second-order valence-corrected chi connectivity index (χ2v) is 10.7. The zero-order valence-corrected chi connectivity index (χ0v) is 21.7. The zero-order chi connectivity index (χ0) is 25.8. The van der Waals surface area contributed by atoms with Gasteiger partial charge in [0.15, 0.2) is 0 Å². The molecule has 2 aromatic carbocycles. The molecule has 4 aromatic rings. The predicted octanol–water partition coefficient (Wildman–Crippen LogP) is 5.28. The molecule has 1 aliphatic rings. The number of halogens is 1. The fourth-order valence-electron chi connectivity index (χ4n) is 4.40. The van der Waals surface area contributed by atoms with Crippen molar-refractivity contribution in [2.75, 3.05) is 31.6 Å². The van der Waals surface area contributed by atoms with Gasteiger partial charge >= 0.3 is 0 Å². The Morgan fingerprint density at radius 3 is 2.57 bits per heavy atom. The largest absolute Gasteiger partial charge is 0.378 e. The Hall–Kier alpha value is -3.47. The Morgan fingerprint density at radius 2 is 1.86 bits per heavy atom. The van der Waals surface area contributed by atoms with Gasteiger partial charge in [0.05, 0.1) is 13.2 Å². The van der Waals surface area contributed by atoms with Crippen LogP contribution in [0.15, 0.2) is 66.2 Å². The van der Waals surface area contributed by atoms with Gasteiger partial charge in [0.25, 0.3) is 5.91 Å². The fraction of sp³-hybridized carbons (Fsp3) is 0.259. The Kier molecular flexibility index (Phi) is 7.68. The molecular formula is C27H25FN4O3S2. The van der Waals surface area contributed by atoms with Crippen molar-refractivity contribution in [3.05, 3.63) is 88.0 Å². The molecule has 7 nitrogen and oxygen atoms in total. The van der Waals surface area contributed by atoms with Crippen molar-refractivity contribution in [3.8, 4) is 10.4 Å². The van der Waals surface area contributed by atoms with Crippen LogP contribution in [0.4, 0.5) is 9.52 Å². The van der Waals surface area contributed by atoms with E-state index < -0.39 is 5.92 Å². The maximum Gasteiger partial charge on any atom is 0.254 e. The van der Waals surface area contributed by atoms with Crippen LogP contribution >= 0.6 is 22.7 Å². The fourth-order valence-corrected chi connectivity index (χ4v) is 6.09. The highest BCUT2D eigenvalue weighted by Crippen LogP contribution is 2.40. The highest BCUT2D eigenvalue weighted by molar-refractivity contribution is 7.15. The Labute approximate surface area is 221 Å². The molecule has 0 saturated carbocycles. The third-order valence-electron chi connectivity index (χ3n) is 6.36. The standard InChI is InChI=1S/C27H25FN4O3S2/c1-17(25(33)30-27-31-29-16-36-27)24(20-3-2-4-21(28)15-20)23-10-9-22(37-23)18-5-7-19(8-6-18)26(34)32-11-13-35-14-12-32/h2-10,15-17,24H,11-14H2,1H3,(H,30,31,33). The second kappa shape index (κ2) is 11.3. The van der Waals surface area contributed by atoms with E-state index in [4.69, 9.17) is 4.74 Å². The SMILES string of the molecule is CC(C(=O)Nc1nncs1)C(c1cccc(F)c1)c1ccc(-c2ccc(C(=O)N3CCOCC3)cc2)s1. The Morgan fingerprint density at radius 1 is 1.08 bits per heavy atom. The molecule has 2 amide bonds. The lowest BCUT2D eigenvalue weighted by Gasteiger charge is -2.26. The number of aromatic nitrogens is 2. The van der Waals surface area contributed by atoms with E-state index in [0.717, 1.165) is 20.9 Å². The third kappa shape index (κ3) is 5.76. The molecule has 0 aliphatic carbocycles. The first-order valence-electron chi connectivity index (χ1n) is 11.9. The van der Waals surface area contributed by atoms with E-state index in [1.54, 1.807) is 27.8 Å². The number of ether oxygens (including phenoxy) is 1. The maximum absolute atomic E-state index is 14.2. The number of morpholine rings is 1. The number of anilines is 1. The number of nitrogens with one attached hydrogen (secondary N) is 1. The van der Waals surface area contributed by atoms with Crippen molar-refractivity contribution in [1.82, 2.24) is 15.1 Å². The van der Waals surface area contributed by atoms with Crippen molar-refractivity contribution < 1.29 is 18.7 Å². The first-order chi connectivity index (χ1) is 18.0. The van der Waals surface area contributed by atoms with Crippen molar-refractivity contribution >= 4 is 39.6 Å². The second-order valence-electron chi connectivity index (χ2n) is 8.74. The van der Waals surface area contributed by atoms with Gasteiger partial charge in [0.1, 0.15) is 11.3 Å². The zero-order valence-electron chi connectivity index (χ0n) is 20.1. The summed E-state index contributed by atoms with van der Waals surface area (Å²) in [5.74, 6) is -1.41. The molecule has 10 heteroatoms. The first kappa shape index (κ1) is 25.2. The van der Waals surface area contributed by atoms with Crippen LogP contribution in [0, 0.1) is 11.7 Å². The van der Waals surface area contributed by atoms with E-state index in [-0.39, 0.29) is 23.5 Å². The van der Waals surface area contributed by atoms with E-state index in [0.29, 0.717) is 37.0 Å². The number of carbonyl (C=O) groups is 2. The predicted molar refractivity (Wildman–Crippen MR) is 142 cm³/mol. The van der Waals surface area contributed by atoms with Gasteiger partial charge in [-0.05, 0) is 47.5 Å². The average Bonchev–Trinajstić information content (AvgIpc) is 3.62. The van der Waals surface area contributed by atoms with E-state index in [1.807, 2.05) is 49.4 Å². The summed E-state index contributed by atoms with van der Waals surface area (Å²) in [5, 5.41) is 10.9. The van der Waals surface area contributed by atoms with Gasteiger partial charge in [-0.1, -0.05) is 42.5 Å². The van der Waals surface area contributed by atoms with Gasteiger partial charge in [-0.3, -0.25) is 9.59 Å². The molecule has 3 heterocycles. The van der Waals surface area contributed by atoms with E-state index in [9.17, 15) is 14.0 Å². The normalized spacial score (nSPS) is 15.2. The van der Waals surface area contributed by atoms with Crippen molar-refractivity contribution in [3.63, 3.8) is 0 Å². The van der Waals surface area contributed by atoms with E-state index >= 15 is 0 Å². The summed E-state index contributed by atoms with van der Waals surface area (Å²) in [6.45, 7) is 4.15. The molecule has 1 N–H and O–H groups in total. The molecule has 1 fully saturated rings.